The molecule has 440 valence electrons. The number of aromatic amines is 2. The molecule has 0 bridgehead atoms. The number of aliphatic carboxylic acids is 1. The minimum absolute atomic E-state index is 0.108. The van der Waals surface area contributed by atoms with E-state index >= 15 is 0 Å². The van der Waals surface area contributed by atoms with E-state index < -0.39 is 29.0 Å². The summed E-state index contributed by atoms with van der Waals surface area (Å²) < 4.78 is 21.3. The number of benzene rings is 3. The van der Waals surface area contributed by atoms with Gasteiger partial charge in [-0.3, -0.25) is 19.2 Å². The first-order chi connectivity index (χ1) is 40.1. The van der Waals surface area contributed by atoms with Crippen LogP contribution in [0.15, 0.2) is 142 Å². The zero-order valence-electron chi connectivity index (χ0n) is 45.8. The molecule has 3 aromatic carbocycles. The number of aromatic nitrogens is 8. The molecule has 3 saturated heterocycles. The van der Waals surface area contributed by atoms with Gasteiger partial charge >= 0.3 is 39.1 Å². The second-order valence-corrected chi connectivity index (χ2v) is 21.1. The van der Waals surface area contributed by atoms with Gasteiger partial charge in [0.05, 0.1) is 50.8 Å². The van der Waals surface area contributed by atoms with Crippen molar-refractivity contribution in [2.24, 2.45) is 20.7 Å². The van der Waals surface area contributed by atoms with Gasteiger partial charge in [-0.25, -0.2) is 34.9 Å². The number of nitrogens with zero attached hydrogens (tertiary/aromatic N) is 9. The normalized spacial score (nSPS) is 21.5. The van der Waals surface area contributed by atoms with Gasteiger partial charge in [0.2, 0.25) is 0 Å². The van der Waals surface area contributed by atoms with Gasteiger partial charge in [-0.2, -0.15) is 0 Å². The summed E-state index contributed by atoms with van der Waals surface area (Å²) in [5.41, 5.74) is 13.5. The Kier molecular flexibility index (Phi) is 21.6. The number of aliphatic imine (C=N–C) groups is 3. The number of halogens is 2. The van der Waals surface area contributed by atoms with E-state index in [9.17, 15) is 19.2 Å². The summed E-state index contributed by atoms with van der Waals surface area (Å²) in [5.74, 6) is -1.36. The van der Waals surface area contributed by atoms with Crippen LogP contribution in [0.5, 0.6) is 0 Å². The summed E-state index contributed by atoms with van der Waals surface area (Å²) in [4.78, 5) is 82.3. The Bertz CT molecular complexity index is 3370. The van der Waals surface area contributed by atoms with Crippen molar-refractivity contribution in [3.63, 3.8) is 0 Å². The zero-order valence-corrected chi connectivity index (χ0v) is 50.5. The van der Waals surface area contributed by atoms with Crippen LogP contribution in [-0.2, 0) is 52.6 Å². The van der Waals surface area contributed by atoms with Gasteiger partial charge in [0.15, 0.2) is 17.0 Å². The number of imidazole rings is 4. The number of carbonyl (C=O) groups excluding carboxylic acids is 3. The number of carboxylic acid groups (broad SMARTS) is 1. The molecule has 4 atom stereocenters. The van der Waals surface area contributed by atoms with Crippen LogP contribution < -0.4 is 21.7 Å². The molecule has 0 radical (unpaired) electrons. The number of hydrogen-bond donors (Lipinski definition) is 7. The Morgan fingerprint density at radius 1 is 0.663 bits per heavy atom. The summed E-state index contributed by atoms with van der Waals surface area (Å²) in [6.45, 7) is 9.52. The van der Waals surface area contributed by atoms with Gasteiger partial charge in [-0.15, -0.1) is 0 Å². The number of nitrogens with one attached hydrogen (secondary N) is 5. The van der Waals surface area contributed by atoms with E-state index in [1.807, 2.05) is 115 Å². The molecule has 4 aromatic heterocycles. The van der Waals surface area contributed by atoms with Crippen LogP contribution in [0.2, 0.25) is 0 Å². The summed E-state index contributed by atoms with van der Waals surface area (Å²) in [6, 6.07) is 22.3. The number of amides is 3. The molecule has 0 saturated carbocycles. The van der Waals surface area contributed by atoms with E-state index in [0.717, 1.165) is 114 Å². The van der Waals surface area contributed by atoms with E-state index in [1.165, 1.54) is 6.33 Å². The molecule has 23 nitrogen and oxygen atoms in total. The van der Waals surface area contributed by atoms with Crippen LogP contribution in [0.4, 0.5) is 0 Å². The third kappa shape index (κ3) is 16.4. The van der Waals surface area contributed by atoms with E-state index in [0.29, 0.717) is 37.0 Å². The van der Waals surface area contributed by atoms with E-state index in [2.05, 4.69) is 89.5 Å². The molecule has 8 N–H and O–H groups in total. The monoisotopic (exact) mass is 1360 g/mol. The fourth-order valence-corrected chi connectivity index (χ4v) is 9.86. The Labute approximate surface area is 507 Å². The van der Waals surface area contributed by atoms with Gasteiger partial charge in [-0.1, -0.05) is 52.3 Å². The van der Waals surface area contributed by atoms with Crippen LogP contribution >= 0.6 is 36.3 Å². The molecule has 83 heavy (non-hydrogen) atoms. The Morgan fingerprint density at radius 3 is 1.47 bits per heavy atom. The van der Waals surface area contributed by atoms with Crippen molar-refractivity contribution in [3.05, 3.63) is 167 Å². The van der Waals surface area contributed by atoms with Gasteiger partial charge < -0.3 is 60.1 Å². The predicted octanol–water partition coefficient (Wildman–Crippen LogP) is 6.05. The first-order valence-electron chi connectivity index (χ1n) is 26.6. The molecule has 10 heterocycles. The molecule has 0 aliphatic carbocycles. The summed E-state index contributed by atoms with van der Waals surface area (Å²) in [7, 11) is 0. The quantitative estimate of drug-likeness (QED) is 0.0674. The topological polar surface area (TPSA) is 308 Å². The maximum absolute atomic E-state index is 12.3. The Morgan fingerprint density at radius 2 is 1.12 bits per heavy atom. The van der Waals surface area contributed by atoms with Gasteiger partial charge in [0.25, 0.3) is 17.7 Å². The van der Waals surface area contributed by atoms with E-state index in [-0.39, 0.29) is 24.1 Å². The molecule has 3 fully saturated rings. The molecular weight excluding hydrogens is 1290 g/mol. The number of rotatable bonds is 8. The van der Waals surface area contributed by atoms with E-state index in [1.54, 1.807) is 51.7 Å². The van der Waals surface area contributed by atoms with Crippen LogP contribution in [-0.4, -0.2) is 148 Å². The van der Waals surface area contributed by atoms with Crippen LogP contribution in [0, 0.1) is 20.8 Å². The molecule has 3 amide bonds. The van der Waals surface area contributed by atoms with E-state index in [4.69, 9.17) is 25.1 Å². The third-order valence-corrected chi connectivity index (χ3v) is 14.3. The average molecular weight is 1360 g/mol. The maximum atomic E-state index is 12.3. The standard InChI is InChI=1S/2C17H18N4O2.C13H13BrN2O2.C6H9N3O2.C4H6N2.Cu.HI/c1-12-9-21(11-18-12)14-5-3-13(4-6-14)15-16(22)20-17(19-15)7-2-8-23-10-17;1-12-9-18-11-21(12)14-5-3-13(4-6-14)15-16(22)20-17(19-15)7-2-8-23-10-17;14-10-4-2-9(3-5-10)11-12(17)16-13(15-11)6-1-7-18-8-13;7-5(6(10)11)1-4-2-8-3-9-4;1-4-2-5-3-6-4;;/h2*3-6,9,11H,2,7-8,10H2,1H3,(H,20,22);2-5H,1,6-8H2,(H,16,17);2-3,5H,1,7H2,(H,8,9)(H,10,11);2-3H,1H3,(H,5,6);;1H/q;;;;;+1;/p-1. The minimum atomic E-state index is -1.00. The molecule has 26 heteroatoms. The fraction of sp³-hybridized carbons (Fsp3) is 0.351. The van der Waals surface area contributed by atoms with Crippen LogP contribution in [0.1, 0.15) is 78.0 Å². The van der Waals surface area contributed by atoms with Gasteiger partial charge in [-0.05, 0) is 95.7 Å². The number of nitrogens with two attached hydrogens (primary N) is 1. The van der Waals surface area contributed by atoms with Crippen molar-refractivity contribution in [3.8, 4) is 11.4 Å². The average Bonchev–Trinajstić information content (AvgIpc) is 4.43. The summed E-state index contributed by atoms with van der Waals surface area (Å²) in [6.07, 6.45) is 19.4. The molecular formula is C57H64BrCuIN15O8. The number of carboxylic acids is 1. The number of H-pyrrole nitrogens is 2. The zero-order chi connectivity index (χ0) is 59.0. The van der Waals surface area contributed by atoms with Crippen molar-refractivity contribution >= 4 is 77.1 Å². The van der Waals surface area contributed by atoms with Crippen LogP contribution in [0.25, 0.3) is 11.4 Å². The summed E-state index contributed by atoms with van der Waals surface area (Å²) in [5, 5.41) is 17.3. The van der Waals surface area contributed by atoms with Crippen molar-refractivity contribution in [2.75, 3.05) is 39.6 Å². The molecule has 6 aliphatic rings. The predicted molar refractivity (Wildman–Crippen MR) is 318 cm³/mol. The fourth-order valence-electron chi connectivity index (χ4n) is 9.60. The van der Waals surface area contributed by atoms with Crippen molar-refractivity contribution in [2.45, 2.75) is 88.7 Å². The molecule has 4 unspecified atom stereocenters. The molecule has 13 rings (SSSR count). The first-order valence-corrected chi connectivity index (χ1v) is 30.4. The van der Waals surface area contributed by atoms with Crippen LogP contribution in [0.3, 0.4) is 0 Å². The SMILES string of the molecule is Cc1cn(-c2ccc(C3=NC4(CCCOC4)NC3=O)cc2)cn1.Cc1cnc[nH]1.Cc1cncn1-c1ccc(C2=NC3(CCCOC3)NC2=O)cc1.NC(Cc1cnc[nH]1)C(=O)O.O=C1NC2(CCCOC2)N=C1c1ccc(Br)cc1.[Cu][I]. The van der Waals surface area contributed by atoms with Gasteiger partial charge in [0, 0.05) is 101 Å². The van der Waals surface area contributed by atoms with Gasteiger partial charge in [0.1, 0.15) is 23.2 Å². The Balaban J connectivity index is 0.000000142. The van der Waals surface area contributed by atoms with Crippen molar-refractivity contribution in [1.29, 1.82) is 0 Å². The number of ether oxygens (including phenoxy) is 3. The second-order valence-electron chi connectivity index (χ2n) is 20.2. The summed E-state index contributed by atoms with van der Waals surface area (Å²) >= 11 is 9.25. The Hall–Kier alpha value is -7.04. The van der Waals surface area contributed by atoms with Crippen molar-refractivity contribution < 1.29 is 51.3 Å². The number of aryl methyl sites for hydroxylation is 3. The number of hydrogen-bond acceptors (Lipinski definition) is 15. The second kappa shape index (κ2) is 29.0. The molecule has 7 aromatic rings. The van der Waals surface area contributed by atoms with Crippen molar-refractivity contribution in [1.82, 2.24) is 55.0 Å². The third-order valence-electron chi connectivity index (χ3n) is 13.8. The molecule has 6 aliphatic heterocycles. The molecule has 3 spiro atoms. The first kappa shape index (κ1) is 62.0. The number of carbonyl (C=O) groups is 4.